The number of fused-ring (bicyclic) bond motifs is 1. The third kappa shape index (κ3) is 4.50. The third-order valence-corrected chi connectivity index (χ3v) is 5.08. The predicted molar refractivity (Wildman–Crippen MR) is 115 cm³/mol. The summed E-state index contributed by atoms with van der Waals surface area (Å²) < 4.78 is 38.2. The van der Waals surface area contributed by atoms with Gasteiger partial charge >= 0.3 is 6.18 Å². The normalized spacial score (nSPS) is 12.7. The van der Waals surface area contributed by atoms with Crippen molar-refractivity contribution in [2.24, 2.45) is 0 Å². The first-order valence-corrected chi connectivity index (χ1v) is 9.78. The van der Waals surface area contributed by atoms with Gasteiger partial charge in [-0.25, -0.2) is 9.97 Å². The highest BCUT2D eigenvalue weighted by atomic mass is 35.5. The van der Waals surface area contributed by atoms with Gasteiger partial charge in [0.15, 0.2) is 0 Å². The van der Waals surface area contributed by atoms with Gasteiger partial charge in [-0.05, 0) is 41.8 Å². The van der Waals surface area contributed by atoms with E-state index in [4.69, 9.17) is 16.7 Å². The number of nitrogens with one attached hydrogen (secondary N) is 1. The molecule has 3 N–H and O–H groups in total. The first kappa shape index (κ1) is 21.9. The van der Waals surface area contributed by atoms with Gasteiger partial charge in [0.05, 0.1) is 22.9 Å². The Balaban J connectivity index is 1.64. The van der Waals surface area contributed by atoms with Gasteiger partial charge in [-0.1, -0.05) is 17.7 Å². The minimum atomic E-state index is -4.46. The summed E-state index contributed by atoms with van der Waals surface area (Å²) in [5.41, 5.74) is 0.790. The Morgan fingerprint density at radius 3 is 2.47 bits per heavy atom. The molecular formula is C22H16ClF3N4O2. The molecule has 0 bridgehead atoms. The molecule has 4 aromatic rings. The number of hydrogen-bond acceptors (Lipinski definition) is 6. The van der Waals surface area contributed by atoms with Crippen molar-refractivity contribution < 1.29 is 23.4 Å². The highest BCUT2D eigenvalue weighted by molar-refractivity contribution is 6.33. The lowest BCUT2D eigenvalue weighted by molar-refractivity contribution is -0.137. The van der Waals surface area contributed by atoms with Gasteiger partial charge in [-0.15, -0.1) is 0 Å². The summed E-state index contributed by atoms with van der Waals surface area (Å²) >= 11 is 6.33. The van der Waals surface area contributed by atoms with E-state index in [1.54, 1.807) is 30.5 Å². The molecule has 0 aliphatic heterocycles. The summed E-state index contributed by atoms with van der Waals surface area (Å²) in [4.78, 5) is 12.4. The number of halogens is 4. The molecule has 0 amide bonds. The van der Waals surface area contributed by atoms with E-state index in [1.165, 1.54) is 12.3 Å². The molecule has 4 rings (SSSR count). The molecule has 0 aliphatic carbocycles. The Kier molecular flexibility index (Phi) is 5.96. The van der Waals surface area contributed by atoms with Gasteiger partial charge in [0.25, 0.3) is 0 Å². The Morgan fingerprint density at radius 2 is 1.81 bits per heavy atom. The zero-order valence-electron chi connectivity index (χ0n) is 16.3. The van der Waals surface area contributed by atoms with Crippen LogP contribution in [-0.4, -0.2) is 31.8 Å². The van der Waals surface area contributed by atoms with Crippen LogP contribution in [0.15, 0.2) is 61.1 Å². The molecule has 1 aromatic carbocycles. The number of hydrogen-bond donors (Lipinski definition) is 3. The van der Waals surface area contributed by atoms with Crippen molar-refractivity contribution in [3.63, 3.8) is 0 Å². The van der Waals surface area contributed by atoms with Gasteiger partial charge in [-0.2, -0.15) is 13.2 Å². The predicted octanol–water partition coefficient (Wildman–Crippen LogP) is 5.13. The standard InChI is InChI=1S/C22H16ClF3N4O2/c23-17-8-14(18(32)11-31)9-29-20(17)13-1-3-16-12(7-13)5-6-27-21(16)30-19-4-2-15(10-28-19)22(24,25)26/h1-10,18,31-32H,11H2,(H,27,28,30)/t18-/m0/s1. The quantitative estimate of drug-likeness (QED) is 0.382. The molecule has 10 heteroatoms. The van der Waals surface area contributed by atoms with Crippen molar-refractivity contribution in [2.75, 3.05) is 11.9 Å². The molecule has 0 saturated heterocycles. The van der Waals surface area contributed by atoms with E-state index in [9.17, 15) is 18.3 Å². The summed E-state index contributed by atoms with van der Waals surface area (Å²) in [6, 6.07) is 10.9. The summed E-state index contributed by atoms with van der Waals surface area (Å²) in [7, 11) is 0. The summed E-state index contributed by atoms with van der Waals surface area (Å²) in [5, 5.41) is 23.6. The van der Waals surface area contributed by atoms with Crippen LogP contribution in [0.1, 0.15) is 17.2 Å². The van der Waals surface area contributed by atoms with Gasteiger partial charge in [0, 0.05) is 35.1 Å². The molecule has 1 atom stereocenters. The molecule has 164 valence electrons. The maximum atomic E-state index is 12.7. The minimum Gasteiger partial charge on any atom is -0.393 e. The summed E-state index contributed by atoms with van der Waals surface area (Å²) in [6.45, 7) is -0.441. The molecule has 6 nitrogen and oxygen atoms in total. The van der Waals surface area contributed by atoms with Crippen molar-refractivity contribution >= 4 is 34.0 Å². The Bertz CT molecular complexity index is 1270. The molecule has 0 unspecified atom stereocenters. The number of alkyl halides is 3. The van der Waals surface area contributed by atoms with Crippen molar-refractivity contribution in [3.05, 3.63) is 77.2 Å². The second-order valence-corrected chi connectivity index (χ2v) is 7.36. The minimum absolute atomic E-state index is 0.227. The molecular weight excluding hydrogens is 445 g/mol. The van der Waals surface area contributed by atoms with E-state index in [2.05, 4.69) is 20.3 Å². The van der Waals surface area contributed by atoms with Gasteiger partial charge < -0.3 is 15.5 Å². The van der Waals surface area contributed by atoms with E-state index >= 15 is 0 Å². The number of anilines is 2. The van der Waals surface area contributed by atoms with Crippen LogP contribution in [0.2, 0.25) is 5.02 Å². The number of pyridine rings is 3. The van der Waals surface area contributed by atoms with Crippen LogP contribution in [0, 0.1) is 0 Å². The SMILES string of the molecule is OC[C@H](O)c1cnc(-c2ccc3c(Nc4ccc(C(F)(F)F)cn4)nccc3c2)c(Cl)c1. The van der Waals surface area contributed by atoms with E-state index < -0.39 is 24.5 Å². The first-order valence-electron chi connectivity index (χ1n) is 9.40. The molecule has 0 spiro atoms. The number of aromatic nitrogens is 3. The van der Waals surface area contributed by atoms with E-state index in [-0.39, 0.29) is 5.82 Å². The van der Waals surface area contributed by atoms with Crippen molar-refractivity contribution in [2.45, 2.75) is 12.3 Å². The van der Waals surface area contributed by atoms with Gasteiger partial charge in [-0.3, -0.25) is 4.98 Å². The highest BCUT2D eigenvalue weighted by Gasteiger charge is 2.30. The number of nitrogens with zero attached hydrogens (tertiary/aromatic N) is 3. The van der Waals surface area contributed by atoms with Crippen LogP contribution in [0.3, 0.4) is 0 Å². The molecule has 3 heterocycles. The molecule has 0 aliphatic rings. The molecule has 0 radical (unpaired) electrons. The van der Waals surface area contributed by atoms with E-state index in [1.807, 2.05) is 6.07 Å². The van der Waals surface area contributed by atoms with Crippen LogP contribution >= 0.6 is 11.6 Å². The zero-order valence-corrected chi connectivity index (χ0v) is 17.1. The summed E-state index contributed by atoms with van der Waals surface area (Å²) in [5.74, 6) is 0.659. The van der Waals surface area contributed by atoms with Crippen LogP contribution in [0.5, 0.6) is 0 Å². The van der Waals surface area contributed by atoms with E-state index in [0.717, 1.165) is 28.6 Å². The monoisotopic (exact) mass is 460 g/mol. The second kappa shape index (κ2) is 8.70. The van der Waals surface area contributed by atoms with Crippen molar-refractivity contribution in [3.8, 4) is 11.3 Å². The zero-order chi connectivity index (χ0) is 22.9. The molecule has 0 fully saturated rings. The first-order chi connectivity index (χ1) is 15.3. The maximum Gasteiger partial charge on any atom is 0.417 e. The van der Waals surface area contributed by atoms with Crippen molar-refractivity contribution in [1.29, 1.82) is 0 Å². The van der Waals surface area contributed by atoms with Crippen LogP contribution < -0.4 is 5.32 Å². The molecule has 32 heavy (non-hydrogen) atoms. The Hall–Kier alpha value is -3.27. The smallest absolute Gasteiger partial charge is 0.393 e. The van der Waals surface area contributed by atoms with Crippen LogP contribution in [0.4, 0.5) is 24.8 Å². The fraction of sp³-hybridized carbons (Fsp3) is 0.136. The fourth-order valence-electron chi connectivity index (χ4n) is 3.13. The molecule has 3 aromatic heterocycles. The lowest BCUT2D eigenvalue weighted by Crippen LogP contribution is -2.06. The number of aliphatic hydroxyl groups excluding tert-OH is 2. The maximum absolute atomic E-state index is 12.7. The molecule has 0 saturated carbocycles. The number of benzene rings is 1. The van der Waals surface area contributed by atoms with Crippen LogP contribution in [-0.2, 0) is 6.18 Å². The van der Waals surface area contributed by atoms with Gasteiger partial charge in [0.2, 0.25) is 0 Å². The van der Waals surface area contributed by atoms with E-state index in [0.29, 0.717) is 22.1 Å². The average Bonchev–Trinajstić information content (AvgIpc) is 2.78. The number of rotatable bonds is 5. The largest absolute Gasteiger partial charge is 0.417 e. The lowest BCUT2D eigenvalue weighted by atomic mass is 10.0. The lowest BCUT2D eigenvalue weighted by Gasteiger charge is -2.12. The second-order valence-electron chi connectivity index (χ2n) is 6.95. The Labute approximate surface area is 185 Å². The van der Waals surface area contributed by atoms with Crippen LogP contribution in [0.25, 0.3) is 22.0 Å². The van der Waals surface area contributed by atoms with Gasteiger partial charge in [0.1, 0.15) is 17.7 Å². The highest BCUT2D eigenvalue weighted by Crippen LogP contribution is 2.33. The number of aliphatic hydroxyl groups is 2. The average molecular weight is 461 g/mol. The fourth-order valence-corrected chi connectivity index (χ4v) is 3.42. The Morgan fingerprint density at radius 1 is 1.00 bits per heavy atom. The summed E-state index contributed by atoms with van der Waals surface area (Å²) in [6.07, 6.45) is -1.75. The van der Waals surface area contributed by atoms with Crippen molar-refractivity contribution in [1.82, 2.24) is 15.0 Å². The topological polar surface area (TPSA) is 91.2 Å². The third-order valence-electron chi connectivity index (χ3n) is 4.80.